The molecule has 2 bridgehead atoms. The summed E-state index contributed by atoms with van der Waals surface area (Å²) in [7, 11) is 0. The topological polar surface area (TPSA) is 60.9 Å². The number of piperazine rings is 1. The molecule has 2 atom stereocenters. The van der Waals surface area contributed by atoms with E-state index < -0.39 is 12.1 Å². The van der Waals surface area contributed by atoms with Gasteiger partial charge in [-0.05, 0) is 5.56 Å². The highest BCUT2D eigenvalue weighted by Crippen LogP contribution is 2.28. The Morgan fingerprint density at radius 2 is 2.00 bits per heavy atom. The predicted octanol–water partition coefficient (Wildman–Crippen LogP) is 1.19. The number of fused-ring (bicyclic) bond motifs is 2. The number of Topliss-reactive ketones (excluding diaryl/α,β-unsaturated/α-hetero) is 1. The van der Waals surface area contributed by atoms with Crippen LogP contribution in [0.3, 0.4) is 0 Å². The van der Waals surface area contributed by atoms with Gasteiger partial charge in [0.25, 0.3) is 0 Å². The van der Waals surface area contributed by atoms with Crippen molar-refractivity contribution in [1.29, 1.82) is 0 Å². The van der Waals surface area contributed by atoms with E-state index in [1.54, 1.807) is 0 Å². The molecule has 0 aromatic heterocycles. The molecule has 1 aromatic carbocycles. The van der Waals surface area contributed by atoms with Gasteiger partial charge in [-0.2, -0.15) is 0 Å². The van der Waals surface area contributed by atoms with Crippen molar-refractivity contribution in [3.05, 3.63) is 35.9 Å². The Kier molecular flexibility index (Phi) is 2.98. The summed E-state index contributed by atoms with van der Waals surface area (Å²) in [4.78, 5) is 26.5. The molecular formula is C14H16N2O3. The van der Waals surface area contributed by atoms with Gasteiger partial charge < -0.3 is 5.11 Å². The molecule has 100 valence electrons. The fourth-order valence-corrected chi connectivity index (χ4v) is 3.10. The first-order chi connectivity index (χ1) is 9.15. The van der Waals surface area contributed by atoms with Crippen LogP contribution in [0.2, 0.25) is 0 Å². The molecular weight excluding hydrogens is 244 g/mol. The quantitative estimate of drug-likeness (QED) is 0.867. The number of carbonyl (C=O) groups excluding carboxylic acids is 1. The minimum absolute atomic E-state index is 0.0583. The number of hydrogen-bond acceptors (Lipinski definition) is 3. The molecule has 1 N–H and O–H groups in total. The summed E-state index contributed by atoms with van der Waals surface area (Å²) in [6, 6.07) is 9.40. The van der Waals surface area contributed by atoms with Crippen molar-refractivity contribution >= 4 is 11.9 Å². The highest BCUT2D eigenvalue weighted by molar-refractivity contribution is 5.91. The lowest BCUT2D eigenvalue weighted by Crippen LogP contribution is -2.56. The molecule has 2 unspecified atom stereocenters. The van der Waals surface area contributed by atoms with Crippen molar-refractivity contribution in [3.63, 3.8) is 0 Å². The number of carboxylic acid groups (broad SMARTS) is 1. The second-order valence-corrected chi connectivity index (χ2v) is 5.21. The van der Waals surface area contributed by atoms with E-state index in [0.29, 0.717) is 19.5 Å². The molecule has 2 saturated heterocycles. The van der Waals surface area contributed by atoms with E-state index >= 15 is 0 Å². The average molecular weight is 260 g/mol. The third kappa shape index (κ3) is 2.21. The van der Waals surface area contributed by atoms with Gasteiger partial charge in [0.05, 0.1) is 6.04 Å². The lowest BCUT2D eigenvalue weighted by atomic mass is 10.1. The maximum Gasteiger partial charge on any atom is 0.408 e. The van der Waals surface area contributed by atoms with Crippen LogP contribution in [0.4, 0.5) is 4.79 Å². The van der Waals surface area contributed by atoms with Crippen LogP contribution in [0.15, 0.2) is 30.3 Å². The first-order valence-corrected chi connectivity index (χ1v) is 6.45. The number of amides is 1. The summed E-state index contributed by atoms with van der Waals surface area (Å²) in [5.41, 5.74) is 1.19. The fraction of sp³-hybridized carbons (Fsp3) is 0.429. The zero-order chi connectivity index (χ0) is 13.4. The summed E-state index contributed by atoms with van der Waals surface area (Å²) >= 11 is 0. The Balaban J connectivity index is 1.73. The minimum Gasteiger partial charge on any atom is -0.465 e. The van der Waals surface area contributed by atoms with Crippen LogP contribution < -0.4 is 0 Å². The predicted molar refractivity (Wildman–Crippen MR) is 68.8 cm³/mol. The van der Waals surface area contributed by atoms with Gasteiger partial charge in [-0.25, -0.2) is 4.79 Å². The van der Waals surface area contributed by atoms with Gasteiger partial charge in [0.2, 0.25) is 0 Å². The van der Waals surface area contributed by atoms with E-state index in [0.717, 1.165) is 6.54 Å². The molecule has 0 aliphatic carbocycles. The molecule has 3 rings (SSSR count). The summed E-state index contributed by atoms with van der Waals surface area (Å²) in [6.45, 7) is 1.93. The van der Waals surface area contributed by atoms with Gasteiger partial charge in [-0.1, -0.05) is 30.3 Å². The van der Waals surface area contributed by atoms with Crippen molar-refractivity contribution in [2.75, 3.05) is 13.1 Å². The Morgan fingerprint density at radius 1 is 1.26 bits per heavy atom. The number of likely N-dealkylation sites (tertiary alicyclic amines) is 1. The Bertz CT molecular complexity index is 503. The van der Waals surface area contributed by atoms with Gasteiger partial charge in [0, 0.05) is 26.1 Å². The fourth-order valence-electron chi connectivity index (χ4n) is 3.10. The average Bonchev–Trinajstić information content (AvgIpc) is 2.59. The number of ketones is 1. The zero-order valence-corrected chi connectivity index (χ0v) is 10.5. The molecule has 5 nitrogen and oxygen atoms in total. The summed E-state index contributed by atoms with van der Waals surface area (Å²) < 4.78 is 0. The number of rotatable bonds is 2. The monoisotopic (exact) mass is 260 g/mol. The van der Waals surface area contributed by atoms with Crippen molar-refractivity contribution in [2.24, 2.45) is 0 Å². The van der Waals surface area contributed by atoms with Gasteiger partial charge in [0.1, 0.15) is 6.04 Å². The summed E-state index contributed by atoms with van der Waals surface area (Å²) in [5.74, 6) is 0.0583. The summed E-state index contributed by atoms with van der Waals surface area (Å²) in [5, 5.41) is 9.17. The maximum atomic E-state index is 11.8. The van der Waals surface area contributed by atoms with E-state index in [1.807, 2.05) is 30.3 Å². The molecule has 5 heteroatoms. The Hall–Kier alpha value is -1.88. The minimum atomic E-state index is -0.972. The van der Waals surface area contributed by atoms with Crippen molar-refractivity contribution in [2.45, 2.75) is 25.0 Å². The molecule has 19 heavy (non-hydrogen) atoms. The molecule has 2 aliphatic rings. The third-order valence-electron chi connectivity index (χ3n) is 3.91. The normalized spacial score (nSPS) is 26.7. The van der Waals surface area contributed by atoms with Gasteiger partial charge in [-0.3, -0.25) is 14.6 Å². The molecule has 2 fully saturated rings. The maximum absolute atomic E-state index is 11.8. The SMILES string of the molecule is O=C1CC2CN(Cc3ccccc3)CC1N2C(=O)O. The Morgan fingerprint density at radius 3 is 2.63 bits per heavy atom. The molecule has 0 spiro atoms. The lowest BCUT2D eigenvalue weighted by molar-refractivity contribution is -0.120. The van der Waals surface area contributed by atoms with E-state index in [2.05, 4.69) is 4.90 Å². The van der Waals surface area contributed by atoms with Crippen molar-refractivity contribution in [3.8, 4) is 0 Å². The second-order valence-electron chi connectivity index (χ2n) is 5.21. The van der Waals surface area contributed by atoms with E-state index in [9.17, 15) is 9.59 Å². The number of hydrogen-bond donors (Lipinski definition) is 1. The highest BCUT2D eigenvalue weighted by Gasteiger charge is 2.47. The van der Waals surface area contributed by atoms with Crippen LogP contribution in [-0.4, -0.2) is 52.0 Å². The van der Waals surface area contributed by atoms with E-state index in [4.69, 9.17) is 5.11 Å². The number of nitrogens with zero attached hydrogens (tertiary/aromatic N) is 2. The van der Waals surface area contributed by atoms with Crippen molar-refractivity contribution < 1.29 is 14.7 Å². The molecule has 1 aromatic rings. The highest BCUT2D eigenvalue weighted by atomic mass is 16.4. The van der Waals surface area contributed by atoms with Gasteiger partial charge in [0.15, 0.2) is 5.78 Å². The van der Waals surface area contributed by atoms with Gasteiger partial charge >= 0.3 is 6.09 Å². The Labute approximate surface area is 111 Å². The van der Waals surface area contributed by atoms with Crippen LogP contribution in [-0.2, 0) is 11.3 Å². The standard InChI is InChI=1S/C14H16N2O3/c17-13-6-11-8-15(7-10-4-2-1-3-5-10)9-12(13)16(11)14(18)19/h1-5,11-12H,6-9H2,(H,18,19). The van der Waals surface area contributed by atoms with Crippen molar-refractivity contribution in [1.82, 2.24) is 9.80 Å². The van der Waals surface area contributed by atoms with E-state index in [1.165, 1.54) is 10.5 Å². The zero-order valence-electron chi connectivity index (χ0n) is 10.5. The molecule has 0 saturated carbocycles. The molecule has 2 heterocycles. The van der Waals surface area contributed by atoms with Crippen LogP contribution >= 0.6 is 0 Å². The number of carbonyl (C=O) groups is 2. The molecule has 0 radical (unpaired) electrons. The first-order valence-electron chi connectivity index (χ1n) is 6.45. The smallest absolute Gasteiger partial charge is 0.408 e. The van der Waals surface area contributed by atoms with E-state index in [-0.39, 0.29) is 11.8 Å². The lowest BCUT2D eigenvalue weighted by Gasteiger charge is -2.38. The third-order valence-corrected chi connectivity index (χ3v) is 3.91. The first kappa shape index (κ1) is 12.2. The number of benzene rings is 1. The van der Waals surface area contributed by atoms with Crippen LogP contribution in [0.5, 0.6) is 0 Å². The van der Waals surface area contributed by atoms with Crippen LogP contribution in [0.25, 0.3) is 0 Å². The van der Waals surface area contributed by atoms with Gasteiger partial charge in [-0.15, -0.1) is 0 Å². The van der Waals surface area contributed by atoms with Crippen LogP contribution in [0, 0.1) is 0 Å². The summed E-state index contributed by atoms with van der Waals surface area (Å²) in [6.07, 6.45) is -0.609. The molecule has 1 amide bonds. The second kappa shape index (κ2) is 4.66. The molecule has 2 aliphatic heterocycles. The largest absolute Gasteiger partial charge is 0.465 e. The van der Waals surface area contributed by atoms with Crippen LogP contribution in [0.1, 0.15) is 12.0 Å².